The molecule has 17 heavy (non-hydrogen) atoms. The number of nitrogen functional groups attached to an aromatic ring is 1. The van der Waals surface area contributed by atoms with Gasteiger partial charge in [0.15, 0.2) is 0 Å². The minimum atomic E-state index is -0.459. The average molecular weight is 258 g/mol. The molecule has 0 saturated carbocycles. The molecule has 0 aromatic heterocycles. The molecule has 5 heteroatoms. The normalized spacial score (nSPS) is 10.2. The number of halogens is 1. The van der Waals surface area contributed by atoms with Crippen LogP contribution in [0.4, 0.5) is 5.69 Å². The smallest absolute Gasteiger partial charge is 0.340 e. The highest BCUT2D eigenvalue weighted by atomic mass is 35.5. The monoisotopic (exact) mass is 257 g/mol. The molecule has 94 valence electrons. The third kappa shape index (κ3) is 4.63. The maximum atomic E-state index is 11.6. The van der Waals surface area contributed by atoms with Gasteiger partial charge in [0.25, 0.3) is 0 Å². The van der Waals surface area contributed by atoms with Gasteiger partial charge in [-0.2, -0.15) is 0 Å². The van der Waals surface area contributed by atoms with E-state index in [2.05, 4.69) is 0 Å². The SMILES string of the molecule is CCCOCCOC(=O)c1ccc(Cl)cc1N. The zero-order valence-electron chi connectivity index (χ0n) is 9.74. The Morgan fingerprint density at radius 2 is 2.12 bits per heavy atom. The Labute approximate surface area is 106 Å². The fraction of sp³-hybridized carbons (Fsp3) is 0.417. The van der Waals surface area contributed by atoms with Gasteiger partial charge >= 0.3 is 5.97 Å². The molecule has 1 aromatic carbocycles. The Morgan fingerprint density at radius 3 is 2.76 bits per heavy atom. The first-order chi connectivity index (χ1) is 8.15. The van der Waals surface area contributed by atoms with Crippen molar-refractivity contribution in [3.63, 3.8) is 0 Å². The summed E-state index contributed by atoms with van der Waals surface area (Å²) in [6.07, 6.45) is 0.943. The van der Waals surface area contributed by atoms with Crippen molar-refractivity contribution >= 4 is 23.3 Å². The van der Waals surface area contributed by atoms with E-state index in [1.54, 1.807) is 12.1 Å². The van der Waals surface area contributed by atoms with E-state index in [9.17, 15) is 4.79 Å². The summed E-state index contributed by atoms with van der Waals surface area (Å²) < 4.78 is 10.2. The number of nitrogens with two attached hydrogens (primary N) is 1. The highest BCUT2D eigenvalue weighted by molar-refractivity contribution is 6.31. The predicted molar refractivity (Wildman–Crippen MR) is 67.3 cm³/mol. The number of ether oxygens (including phenoxy) is 2. The summed E-state index contributed by atoms with van der Waals surface area (Å²) in [4.78, 5) is 11.6. The van der Waals surface area contributed by atoms with Crippen molar-refractivity contribution in [1.29, 1.82) is 0 Å². The number of benzene rings is 1. The molecular formula is C12H16ClNO3. The summed E-state index contributed by atoms with van der Waals surface area (Å²) in [5.41, 5.74) is 6.30. The molecule has 0 spiro atoms. The Morgan fingerprint density at radius 1 is 1.35 bits per heavy atom. The van der Waals surface area contributed by atoms with Crippen LogP contribution in [0.2, 0.25) is 5.02 Å². The van der Waals surface area contributed by atoms with E-state index in [-0.39, 0.29) is 6.61 Å². The van der Waals surface area contributed by atoms with Gasteiger partial charge in [-0.3, -0.25) is 0 Å². The van der Waals surface area contributed by atoms with Crippen LogP contribution in [0.1, 0.15) is 23.7 Å². The second-order valence-electron chi connectivity index (χ2n) is 3.48. The van der Waals surface area contributed by atoms with E-state index >= 15 is 0 Å². The summed E-state index contributed by atoms with van der Waals surface area (Å²) in [6.45, 7) is 3.30. The number of hydrogen-bond donors (Lipinski definition) is 1. The van der Waals surface area contributed by atoms with E-state index in [4.69, 9.17) is 26.8 Å². The van der Waals surface area contributed by atoms with Gasteiger partial charge in [-0.25, -0.2) is 4.79 Å². The van der Waals surface area contributed by atoms with Gasteiger partial charge in [-0.05, 0) is 24.6 Å². The molecule has 4 nitrogen and oxygen atoms in total. The fourth-order valence-electron chi connectivity index (χ4n) is 1.24. The number of hydrogen-bond acceptors (Lipinski definition) is 4. The molecule has 0 amide bonds. The van der Waals surface area contributed by atoms with Gasteiger partial charge in [0.2, 0.25) is 0 Å². The zero-order valence-corrected chi connectivity index (χ0v) is 10.5. The van der Waals surface area contributed by atoms with Crippen LogP contribution in [0.3, 0.4) is 0 Å². The van der Waals surface area contributed by atoms with E-state index in [1.807, 2.05) is 6.92 Å². The molecular weight excluding hydrogens is 242 g/mol. The molecule has 2 N–H and O–H groups in total. The van der Waals surface area contributed by atoms with Crippen molar-refractivity contribution in [2.24, 2.45) is 0 Å². The Bertz CT molecular complexity index is 382. The fourth-order valence-corrected chi connectivity index (χ4v) is 1.42. The van der Waals surface area contributed by atoms with E-state index < -0.39 is 5.97 Å². The van der Waals surface area contributed by atoms with Crippen LogP contribution in [0.5, 0.6) is 0 Å². The lowest BCUT2D eigenvalue weighted by molar-refractivity contribution is 0.0319. The number of carbonyl (C=O) groups is 1. The molecule has 0 aliphatic carbocycles. The van der Waals surface area contributed by atoms with Crippen molar-refractivity contribution < 1.29 is 14.3 Å². The Kier molecular flexibility index (Phi) is 5.80. The first-order valence-corrected chi connectivity index (χ1v) is 5.83. The van der Waals surface area contributed by atoms with Crippen molar-refractivity contribution in [3.05, 3.63) is 28.8 Å². The lowest BCUT2D eigenvalue weighted by atomic mass is 10.2. The quantitative estimate of drug-likeness (QED) is 0.483. The van der Waals surface area contributed by atoms with Gasteiger partial charge in [0.1, 0.15) is 6.61 Å². The van der Waals surface area contributed by atoms with Crippen LogP contribution in [0, 0.1) is 0 Å². The Balaban J connectivity index is 2.42. The summed E-state index contributed by atoms with van der Waals surface area (Å²) in [5, 5.41) is 0.491. The maximum Gasteiger partial charge on any atom is 0.340 e. The molecule has 0 radical (unpaired) electrons. The standard InChI is InChI=1S/C12H16ClNO3/c1-2-5-16-6-7-17-12(15)10-4-3-9(13)8-11(10)14/h3-4,8H,2,5-7,14H2,1H3. The van der Waals surface area contributed by atoms with Crippen LogP contribution in [-0.2, 0) is 9.47 Å². The average Bonchev–Trinajstić information content (AvgIpc) is 2.28. The molecule has 0 bridgehead atoms. The van der Waals surface area contributed by atoms with Crippen molar-refractivity contribution in [1.82, 2.24) is 0 Å². The van der Waals surface area contributed by atoms with Crippen molar-refractivity contribution in [3.8, 4) is 0 Å². The largest absolute Gasteiger partial charge is 0.460 e. The molecule has 1 aromatic rings. The van der Waals surface area contributed by atoms with E-state index in [0.29, 0.717) is 29.5 Å². The minimum absolute atomic E-state index is 0.223. The van der Waals surface area contributed by atoms with Gasteiger partial charge in [0.05, 0.1) is 12.2 Å². The second kappa shape index (κ2) is 7.14. The molecule has 0 unspecified atom stereocenters. The maximum absolute atomic E-state index is 11.6. The number of carbonyl (C=O) groups excluding carboxylic acids is 1. The third-order valence-electron chi connectivity index (χ3n) is 2.04. The van der Waals surface area contributed by atoms with Crippen LogP contribution >= 0.6 is 11.6 Å². The van der Waals surface area contributed by atoms with E-state index in [0.717, 1.165) is 6.42 Å². The van der Waals surface area contributed by atoms with Crippen LogP contribution < -0.4 is 5.73 Å². The molecule has 0 fully saturated rings. The molecule has 0 atom stereocenters. The number of rotatable bonds is 6. The van der Waals surface area contributed by atoms with Crippen LogP contribution in [-0.4, -0.2) is 25.8 Å². The lowest BCUT2D eigenvalue weighted by Gasteiger charge is -2.07. The Hall–Kier alpha value is -1.26. The number of anilines is 1. The third-order valence-corrected chi connectivity index (χ3v) is 2.28. The molecule has 0 aliphatic heterocycles. The van der Waals surface area contributed by atoms with Gasteiger partial charge in [0, 0.05) is 17.3 Å². The first-order valence-electron chi connectivity index (χ1n) is 5.45. The highest BCUT2D eigenvalue weighted by Gasteiger charge is 2.10. The highest BCUT2D eigenvalue weighted by Crippen LogP contribution is 2.18. The van der Waals surface area contributed by atoms with Gasteiger partial charge in [-0.15, -0.1) is 0 Å². The summed E-state index contributed by atoms with van der Waals surface area (Å²) >= 11 is 5.73. The zero-order chi connectivity index (χ0) is 12.7. The van der Waals surface area contributed by atoms with Gasteiger partial charge < -0.3 is 15.2 Å². The van der Waals surface area contributed by atoms with Crippen molar-refractivity contribution in [2.75, 3.05) is 25.6 Å². The molecule has 0 saturated heterocycles. The number of esters is 1. The van der Waals surface area contributed by atoms with Crippen LogP contribution in [0.25, 0.3) is 0 Å². The second-order valence-corrected chi connectivity index (χ2v) is 3.92. The van der Waals surface area contributed by atoms with Crippen LogP contribution in [0.15, 0.2) is 18.2 Å². The topological polar surface area (TPSA) is 61.5 Å². The van der Waals surface area contributed by atoms with E-state index in [1.165, 1.54) is 6.07 Å². The first kappa shape index (κ1) is 13.8. The summed E-state index contributed by atoms with van der Waals surface area (Å²) in [5.74, 6) is -0.459. The predicted octanol–water partition coefficient (Wildman–Crippen LogP) is 2.51. The van der Waals surface area contributed by atoms with Gasteiger partial charge in [-0.1, -0.05) is 18.5 Å². The molecule has 1 rings (SSSR count). The minimum Gasteiger partial charge on any atom is -0.460 e. The molecule has 0 aliphatic rings. The van der Waals surface area contributed by atoms with Crippen molar-refractivity contribution in [2.45, 2.75) is 13.3 Å². The summed E-state index contributed by atoms with van der Waals surface area (Å²) in [7, 11) is 0. The lowest BCUT2D eigenvalue weighted by Crippen LogP contribution is -2.12. The molecule has 0 heterocycles. The summed E-state index contributed by atoms with van der Waals surface area (Å²) in [6, 6.07) is 4.67.